The van der Waals surface area contributed by atoms with Gasteiger partial charge in [0, 0.05) is 6.42 Å². The minimum atomic E-state index is -1.63. The Balaban J connectivity index is 2.76. The van der Waals surface area contributed by atoms with Crippen LogP contribution in [0.2, 0.25) is 0 Å². The van der Waals surface area contributed by atoms with Crippen LogP contribution in [0.3, 0.4) is 0 Å². The average Bonchev–Trinajstić information content (AvgIpc) is 3.04. The van der Waals surface area contributed by atoms with Crippen molar-refractivity contribution in [1.82, 2.24) is 10.3 Å². The highest BCUT2D eigenvalue weighted by atomic mass is 16.5. The van der Waals surface area contributed by atoms with Gasteiger partial charge in [0.1, 0.15) is 18.0 Å². The number of nitrogens with one attached hydrogen (secondary N) is 1. The number of oxazole rings is 1. The molecule has 1 heterocycles. The van der Waals surface area contributed by atoms with E-state index < -0.39 is 35.9 Å². The summed E-state index contributed by atoms with van der Waals surface area (Å²) in [6.07, 6.45) is 0.517. The molecule has 1 rings (SSSR count). The van der Waals surface area contributed by atoms with Gasteiger partial charge in [-0.25, -0.2) is 9.78 Å². The van der Waals surface area contributed by atoms with Crippen LogP contribution in [0.5, 0.6) is 0 Å². The van der Waals surface area contributed by atoms with E-state index in [0.29, 0.717) is 6.21 Å². The van der Waals surface area contributed by atoms with Gasteiger partial charge in [-0.1, -0.05) is 0 Å². The molecule has 10 nitrogen and oxygen atoms in total. The van der Waals surface area contributed by atoms with E-state index in [4.69, 9.17) is 10.3 Å². The number of ketones is 1. The summed E-state index contributed by atoms with van der Waals surface area (Å²) in [4.78, 5) is 41.6. The van der Waals surface area contributed by atoms with Gasteiger partial charge in [-0.05, 0) is 20.3 Å². The second-order valence-corrected chi connectivity index (χ2v) is 5.11. The molecule has 24 heavy (non-hydrogen) atoms. The molecule has 0 saturated heterocycles. The van der Waals surface area contributed by atoms with Crippen LogP contribution in [0, 0.1) is 0 Å². The lowest BCUT2D eigenvalue weighted by Crippen LogP contribution is -2.44. The number of aliphatic hydroxyl groups is 1. The number of Topliss-reactive ketones (excluding diaryl/α,β-unsaturated/α-hetero) is 1. The molecule has 10 heteroatoms. The molecule has 0 aromatic carbocycles. The van der Waals surface area contributed by atoms with Crippen molar-refractivity contribution in [2.24, 2.45) is 0 Å². The van der Waals surface area contributed by atoms with Gasteiger partial charge in [0.05, 0.1) is 6.10 Å². The molecule has 0 aliphatic rings. The van der Waals surface area contributed by atoms with Crippen LogP contribution in [-0.2, 0) is 19.1 Å². The number of aliphatic hydroxyl groups excluding tert-OH is 1. The van der Waals surface area contributed by atoms with Crippen molar-refractivity contribution in [3.63, 3.8) is 0 Å². The van der Waals surface area contributed by atoms with Crippen LogP contribution in [0.25, 0.3) is 5.53 Å². The van der Waals surface area contributed by atoms with Gasteiger partial charge in [-0.3, -0.25) is 9.59 Å². The monoisotopic (exact) mass is 338 g/mol. The maximum Gasteiger partial charge on any atom is 0.328 e. The Kier molecular flexibility index (Phi) is 7.47. The largest absolute Gasteiger partial charge is 0.461 e. The van der Waals surface area contributed by atoms with E-state index in [1.54, 1.807) is 13.8 Å². The molecular formula is C14H18N4O6. The van der Waals surface area contributed by atoms with Crippen LogP contribution >= 0.6 is 0 Å². The quantitative estimate of drug-likeness (QED) is 0.273. The van der Waals surface area contributed by atoms with Crippen LogP contribution in [0.1, 0.15) is 38.5 Å². The Morgan fingerprint density at radius 3 is 2.75 bits per heavy atom. The number of aromatic nitrogens is 1. The van der Waals surface area contributed by atoms with Crippen molar-refractivity contribution in [2.75, 3.05) is 0 Å². The average molecular weight is 338 g/mol. The van der Waals surface area contributed by atoms with E-state index in [-0.39, 0.29) is 18.5 Å². The zero-order valence-electron chi connectivity index (χ0n) is 13.2. The third-order valence-electron chi connectivity index (χ3n) is 2.81. The van der Waals surface area contributed by atoms with Crippen molar-refractivity contribution in [3.05, 3.63) is 23.9 Å². The van der Waals surface area contributed by atoms with Crippen LogP contribution in [0.4, 0.5) is 0 Å². The van der Waals surface area contributed by atoms with Gasteiger partial charge in [0.15, 0.2) is 12.5 Å². The summed E-state index contributed by atoms with van der Waals surface area (Å²) < 4.78 is 9.68. The number of hydrogen-bond acceptors (Lipinski definition) is 7. The highest BCUT2D eigenvalue weighted by Gasteiger charge is 2.28. The molecular weight excluding hydrogens is 320 g/mol. The fourth-order valence-corrected chi connectivity index (χ4v) is 1.72. The number of rotatable bonds is 9. The van der Waals surface area contributed by atoms with E-state index in [1.807, 2.05) is 0 Å². The standard InChI is InChI=1S/C14H18N4O6/c1-8(2)24-14(22)10(4-3-9(19)5-17-15)18-13(21)12(20)11-6-23-7-16-11/h5-8,10,12,20H,3-4H2,1-2H3,(H,18,21)/t10-,12+/m0/s1. The van der Waals surface area contributed by atoms with E-state index in [0.717, 1.165) is 12.7 Å². The first kappa shape index (κ1) is 19.2. The Hall–Kier alpha value is -2.84. The fourth-order valence-electron chi connectivity index (χ4n) is 1.72. The van der Waals surface area contributed by atoms with Crippen molar-refractivity contribution < 1.29 is 33.4 Å². The van der Waals surface area contributed by atoms with Crippen LogP contribution < -0.4 is 5.32 Å². The first-order valence-corrected chi connectivity index (χ1v) is 7.12. The molecule has 0 unspecified atom stereocenters. The summed E-state index contributed by atoms with van der Waals surface area (Å²) in [7, 11) is 0. The van der Waals surface area contributed by atoms with Crippen LogP contribution in [-0.4, -0.2) is 50.9 Å². The Morgan fingerprint density at radius 1 is 1.50 bits per heavy atom. The first-order valence-electron chi connectivity index (χ1n) is 7.12. The summed E-state index contributed by atoms with van der Waals surface area (Å²) in [6, 6.07) is -1.16. The first-order chi connectivity index (χ1) is 11.3. The predicted molar refractivity (Wildman–Crippen MR) is 78.5 cm³/mol. The molecule has 0 saturated carbocycles. The Morgan fingerprint density at radius 2 is 2.21 bits per heavy atom. The van der Waals surface area contributed by atoms with Crippen molar-refractivity contribution >= 4 is 23.9 Å². The lowest BCUT2D eigenvalue weighted by molar-refractivity contribution is -0.152. The highest BCUT2D eigenvalue weighted by Crippen LogP contribution is 2.11. The minimum absolute atomic E-state index is 0.0213. The molecule has 0 radical (unpaired) electrons. The maximum atomic E-state index is 12.0. The molecule has 2 atom stereocenters. The molecule has 1 amide bonds. The molecule has 1 aromatic rings. The van der Waals surface area contributed by atoms with E-state index >= 15 is 0 Å². The molecule has 0 aliphatic heterocycles. The zero-order chi connectivity index (χ0) is 18.1. The van der Waals surface area contributed by atoms with Gasteiger partial charge in [-0.2, -0.15) is 4.79 Å². The molecule has 0 spiro atoms. The summed E-state index contributed by atoms with van der Waals surface area (Å²) >= 11 is 0. The lowest BCUT2D eigenvalue weighted by Gasteiger charge is -2.19. The number of ether oxygens (including phenoxy) is 1. The Labute approximate surface area is 137 Å². The fraction of sp³-hybridized carbons (Fsp3) is 0.500. The molecule has 130 valence electrons. The molecule has 0 bridgehead atoms. The second kappa shape index (κ2) is 9.33. The predicted octanol–water partition coefficient (Wildman–Crippen LogP) is -0.206. The summed E-state index contributed by atoms with van der Waals surface area (Å²) in [5.74, 6) is -2.18. The van der Waals surface area contributed by atoms with Gasteiger partial charge in [-0.15, -0.1) is 0 Å². The molecule has 1 aromatic heterocycles. The molecule has 0 fully saturated rings. The molecule has 0 aliphatic carbocycles. The van der Waals surface area contributed by atoms with Gasteiger partial charge >= 0.3 is 12.2 Å². The normalized spacial score (nSPS) is 12.8. The van der Waals surface area contributed by atoms with E-state index in [9.17, 15) is 19.5 Å². The van der Waals surface area contributed by atoms with Crippen molar-refractivity contribution in [2.45, 2.75) is 44.9 Å². The van der Waals surface area contributed by atoms with Gasteiger partial charge < -0.3 is 25.1 Å². The number of carbonyl (C=O) groups is 3. The maximum absolute atomic E-state index is 12.0. The topological polar surface area (TPSA) is 155 Å². The number of esters is 1. The van der Waals surface area contributed by atoms with Crippen LogP contribution in [0.15, 0.2) is 17.1 Å². The highest BCUT2D eigenvalue weighted by molar-refractivity contribution is 6.25. The van der Waals surface area contributed by atoms with Gasteiger partial charge in [0.2, 0.25) is 5.78 Å². The third-order valence-corrected chi connectivity index (χ3v) is 2.81. The van der Waals surface area contributed by atoms with Crippen molar-refractivity contribution in [1.29, 1.82) is 0 Å². The lowest BCUT2D eigenvalue weighted by atomic mass is 10.1. The van der Waals surface area contributed by atoms with E-state index in [1.165, 1.54) is 0 Å². The molecule has 2 N–H and O–H groups in total. The number of nitrogens with zero attached hydrogens (tertiary/aromatic N) is 3. The second-order valence-electron chi connectivity index (χ2n) is 5.11. The van der Waals surface area contributed by atoms with Crippen molar-refractivity contribution in [3.8, 4) is 0 Å². The smallest absolute Gasteiger partial charge is 0.328 e. The van der Waals surface area contributed by atoms with Gasteiger partial charge in [0.25, 0.3) is 5.91 Å². The van der Waals surface area contributed by atoms with E-state index in [2.05, 4.69) is 19.5 Å². The number of hydrogen-bond donors (Lipinski definition) is 2. The summed E-state index contributed by atoms with van der Waals surface area (Å²) in [5, 5.41) is 12.1. The Bertz CT molecular complexity index is 621. The number of carbonyl (C=O) groups excluding carboxylic acids is 3. The SMILES string of the molecule is CC(C)OC(=O)[C@H](CCC(=O)C=[N+]=[N-])NC(=O)[C@H](O)c1cocn1. The summed E-state index contributed by atoms with van der Waals surface area (Å²) in [5.41, 5.74) is 8.27. The number of amides is 1. The minimum Gasteiger partial charge on any atom is -0.461 e. The third kappa shape index (κ3) is 6.11. The summed E-state index contributed by atoms with van der Waals surface area (Å²) in [6.45, 7) is 3.26. The zero-order valence-corrected chi connectivity index (χ0v) is 13.2.